The molecule has 0 bridgehead atoms. The maximum atomic E-state index is 11.6. The van der Waals surface area contributed by atoms with Crippen molar-refractivity contribution in [2.45, 2.75) is 20.1 Å². The van der Waals surface area contributed by atoms with Crippen molar-refractivity contribution in [2.24, 2.45) is 0 Å². The summed E-state index contributed by atoms with van der Waals surface area (Å²) < 4.78 is 7.28. The van der Waals surface area contributed by atoms with E-state index in [4.69, 9.17) is 4.74 Å². The minimum atomic E-state index is -0.0846. The minimum Gasteiger partial charge on any atom is -0.471 e. The van der Waals surface area contributed by atoms with E-state index in [2.05, 4.69) is 15.4 Å². The fourth-order valence-corrected chi connectivity index (χ4v) is 2.01. The van der Waals surface area contributed by atoms with Crippen LogP contribution in [0.15, 0.2) is 24.3 Å². The summed E-state index contributed by atoms with van der Waals surface area (Å²) in [5, 5.41) is 7.12. The van der Waals surface area contributed by atoms with E-state index < -0.39 is 0 Å². The zero-order valence-electron chi connectivity index (χ0n) is 10.6. The SMILES string of the molecule is Cc1cccc(OCc2cc3n(n2)CCNC3=O)n1. The van der Waals surface area contributed by atoms with Gasteiger partial charge in [0.05, 0.1) is 6.54 Å². The smallest absolute Gasteiger partial charge is 0.269 e. The molecule has 2 aromatic heterocycles. The number of nitrogens with zero attached hydrogens (tertiary/aromatic N) is 3. The number of aryl methyl sites for hydroxylation is 1. The van der Waals surface area contributed by atoms with E-state index in [9.17, 15) is 4.79 Å². The molecule has 6 heteroatoms. The summed E-state index contributed by atoms with van der Waals surface area (Å²) >= 11 is 0. The van der Waals surface area contributed by atoms with Gasteiger partial charge in [-0.25, -0.2) is 4.98 Å². The molecular weight excluding hydrogens is 244 g/mol. The monoisotopic (exact) mass is 258 g/mol. The van der Waals surface area contributed by atoms with E-state index in [0.717, 1.165) is 11.4 Å². The van der Waals surface area contributed by atoms with Crippen molar-refractivity contribution in [3.8, 4) is 5.88 Å². The lowest BCUT2D eigenvalue weighted by Gasteiger charge is -2.13. The largest absolute Gasteiger partial charge is 0.471 e. The van der Waals surface area contributed by atoms with Crippen molar-refractivity contribution in [3.63, 3.8) is 0 Å². The number of aromatic nitrogens is 3. The molecule has 0 aliphatic carbocycles. The second-order valence-corrected chi connectivity index (χ2v) is 4.41. The third-order valence-corrected chi connectivity index (χ3v) is 2.90. The normalized spacial score (nSPS) is 13.8. The van der Waals surface area contributed by atoms with Gasteiger partial charge in [-0.2, -0.15) is 5.10 Å². The fourth-order valence-electron chi connectivity index (χ4n) is 2.01. The van der Waals surface area contributed by atoms with Crippen LogP contribution in [0.2, 0.25) is 0 Å². The number of fused-ring (bicyclic) bond motifs is 1. The second-order valence-electron chi connectivity index (χ2n) is 4.41. The third-order valence-electron chi connectivity index (χ3n) is 2.90. The molecule has 0 saturated heterocycles. The molecule has 2 aromatic rings. The van der Waals surface area contributed by atoms with Crippen LogP contribution in [0.25, 0.3) is 0 Å². The minimum absolute atomic E-state index is 0.0846. The highest BCUT2D eigenvalue weighted by Crippen LogP contribution is 2.12. The molecule has 98 valence electrons. The highest BCUT2D eigenvalue weighted by Gasteiger charge is 2.19. The Labute approximate surface area is 110 Å². The van der Waals surface area contributed by atoms with E-state index in [-0.39, 0.29) is 5.91 Å². The van der Waals surface area contributed by atoms with Crippen molar-refractivity contribution < 1.29 is 9.53 Å². The van der Waals surface area contributed by atoms with E-state index in [1.54, 1.807) is 16.8 Å². The lowest BCUT2D eigenvalue weighted by molar-refractivity contribution is 0.0924. The first-order valence-electron chi connectivity index (χ1n) is 6.14. The summed E-state index contributed by atoms with van der Waals surface area (Å²) in [5.74, 6) is 0.481. The van der Waals surface area contributed by atoms with Gasteiger partial charge >= 0.3 is 0 Å². The Kier molecular flexibility index (Phi) is 2.91. The summed E-state index contributed by atoms with van der Waals surface area (Å²) in [4.78, 5) is 15.8. The first-order chi connectivity index (χ1) is 9.22. The number of rotatable bonds is 3. The molecule has 19 heavy (non-hydrogen) atoms. The Hall–Kier alpha value is -2.37. The van der Waals surface area contributed by atoms with Crippen molar-refractivity contribution in [2.75, 3.05) is 6.54 Å². The Morgan fingerprint density at radius 3 is 3.16 bits per heavy atom. The number of amides is 1. The predicted octanol–water partition coefficient (Wildman–Crippen LogP) is 0.909. The van der Waals surface area contributed by atoms with Gasteiger partial charge in [-0.1, -0.05) is 6.07 Å². The highest BCUT2D eigenvalue weighted by atomic mass is 16.5. The molecule has 1 amide bonds. The van der Waals surface area contributed by atoms with Gasteiger partial charge in [0.1, 0.15) is 18.0 Å². The Bertz CT molecular complexity index is 621. The van der Waals surface area contributed by atoms with Gasteiger partial charge in [0.25, 0.3) is 5.91 Å². The Morgan fingerprint density at radius 1 is 1.47 bits per heavy atom. The molecule has 0 atom stereocenters. The van der Waals surface area contributed by atoms with Crippen molar-refractivity contribution in [1.82, 2.24) is 20.1 Å². The molecule has 0 radical (unpaired) electrons. The number of hydrogen-bond donors (Lipinski definition) is 1. The first-order valence-corrected chi connectivity index (χ1v) is 6.14. The van der Waals surface area contributed by atoms with E-state index in [1.807, 2.05) is 19.1 Å². The molecule has 1 aliphatic heterocycles. The molecule has 3 rings (SSSR count). The summed E-state index contributed by atoms with van der Waals surface area (Å²) in [6, 6.07) is 7.36. The van der Waals surface area contributed by atoms with Gasteiger partial charge in [0.2, 0.25) is 5.88 Å². The zero-order chi connectivity index (χ0) is 13.2. The first kappa shape index (κ1) is 11.7. The molecule has 1 aliphatic rings. The van der Waals surface area contributed by atoms with Gasteiger partial charge < -0.3 is 10.1 Å². The molecule has 0 aromatic carbocycles. The molecular formula is C13H14N4O2. The molecule has 3 heterocycles. The zero-order valence-corrected chi connectivity index (χ0v) is 10.6. The lowest BCUT2D eigenvalue weighted by atomic mass is 10.3. The summed E-state index contributed by atoms with van der Waals surface area (Å²) in [5.41, 5.74) is 2.22. The van der Waals surface area contributed by atoms with Crippen LogP contribution in [0.1, 0.15) is 21.9 Å². The van der Waals surface area contributed by atoms with Gasteiger partial charge in [-0.15, -0.1) is 0 Å². The molecule has 0 spiro atoms. The molecule has 0 saturated carbocycles. The second kappa shape index (κ2) is 4.72. The van der Waals surface area contributed by atoms with Crippen molar-refractivity contribution in [3.05, 3.63) is 41.3 Å². The number of carbonyl (C=O) groups excluding carboxylic acids is 1. The summed E-state index contributed by atoms with van der Waals surface area (Å²) in [7, 11) is 0. The maximum Gasteiger partial charge on any atom is 0.269 e. The molecule has 6 nitrogen and oxygen atoms in total. The van der Waals surface area contributed by atoms with Crippen molar-refractivity contribution in [1.29, 1.82) is 0 Å². The average Bonchev–Trinajstić information content (AvgIpc) is 2.81. The Morgan fingerprint density at radius 2 is 2.37 bits per heavy atom. The molecule has 0 unspecified atom stereocenters. The van der Waals surface area contributed by atoms with Gasteiger partial charge in [-0.3, -0.25) is 9.48 Å². The number of nitrogens with one attached hydrogen (secondary N) is 1. The van der Waals surface area contributed by atoms with Gasteiger partial charge in [-0.05, 0) is 19.1 Å². The number of carbonyl (C=O) groups is 1. The van der Waals surface area contributed by atoms with Gasteiger partial charge in [0.15, 0.2) is 0 Å². The highest BCUT2D eigenvalue weighted by molar-refractivity contribution is 5.93. The van der Waals surface area contributed by atoms with Crippen LogP contribution in [0.3, 0.4) is 0 Å². The van der Waals surface area contributed by atoms with Crippen LogP contribution >= 0.6 is 0 Å². The van der Waals surface area contributed by atoms with E-state index in [1.165, 1.54) is 0 Å². The van der Waals surface area contributed by atoms with Crippen molar-refractivity contribution >= 4 is 5.91 Å². The third kappa shape index (κ3) is 2.42. The number of hydrogen-bond acceptors (Lipinski definition) is 4. The van der Waals surface area contributed by atoms with Crippen LogP contribution in [0, 0.1) is 6.92 Å². The number of ether oxygens (including phenoxy) is 1. The van der Waals surface area contributed by atoms with Crippen LogP contribution in [-0.4, -0.2) is 27.2 Å². The standard InChI is InChI=1S/C13H14N4O2/c1-9-3-2-4-12(15-9)19-8-10-7-11-13(18)14-5-6-17(11)16-10/h2-4,7H,5-6,8H2,1H3,(H,14,18). The average molecular weight is 258 g/mol. The van der Waals surface area contributed by atoms with Crippen LogP contribution in [-0.2, 0) is 13.2 Å². The molecule has 1 N–H and O–H groups in total. The Balaban J connectivity index is 1.72. The predicted molar refractivity (Wildman–Crippen MR) is 67.9 cm³/mol. The fraction of sp³-hybridized carbons (Fsp3) is 0.308. The van der Waals surface area contributed by atoms with Crippen LogP contribution < -0.4 is 10.1 Å². The lowest BCUT2D eigenvalue weighted by Crippen LogP contribution is -2.35. The molecule has 0 fully saturated rings. The van der Waals surface area contributed by atoms with E-state index >= 15 is 0 Å². The van der Waals surface area contributed by atoms with Crippen LogP contribution in [0.5, 0.6) is 5.88 Å². The van der Waals surface area contributed by atoms with Crippen LogP contribution in [0.4, 0.5) is 0 Å². The quantitative estimate of drug-likeness (QED) is 0.888. The summed E-state index contributed by atoms with van der Waals surface area (Å²) in [6.45, 7) is 3.53. The topological polar surface area (TPSA) is 69.0 Å². The summed E-state index contributed by atoms with van der Waals surface area (Å²) in [6.07, 6.45) is 0. The number of pyridine rings is 1. The maximum absolute atomic E-state index is 11.6. The van der Waals surface area contributed by atoms with Gasteiger partial charge in [0, 0.05) is 18.3 Å². The van der Waals surface area contributed by atoms with E-state index in [0.29, 0.717) is 31.3 Å².